The molecular formula is C33H30N2O2. The van der Waals surface area contributed by atoms with Crippen LogP contribution in [0.25, 0.3) is 10.9 Å². The molecule has 1 aliphatic heterocycles. The summed E-state index contributed by atoms with van der Waals surface area (Å²) in [5.74, 6) is -0.423. The Labute approximate surface area is 217 Å². The fourth-order valence-electron chi connectivity index (χ4n) is 5.34. The fraction of sp³-hybridized carbons (Fsp3) is 0.152. The lowest BCUT2D eigenvalue weighted by Crippen LogP contribution is -2.32. The van der Waals surface area contributed by atoms with Gasteiger partial charge < -0.3 is 4.57 Å². The Morgan fingerprint density at radius 3 is 1.78 bits per heavy atom. The molecule has 2 heterocycles. The maximum Gasteiger partial charge on any atom is 0.261 e. The second-order valence-corrected chi connectivity index (χ2v) is 9.35. The van der Waals surface area contributed by atoms with Crippen LogP contribution in [-0.4, -0.2) is 27.8 Å². The second-order valence-electron chi connectivity index (χ2n) is 9.35. The van der Waals surface area contributed by atoms with Crippen molar-refractivity contribution in [2.45, 2.75) is 26.8 Å². The van der Waals surface area contributed by atoms with Gasteiger partial charge in [-0.15, -0.1) is 0 Å². The van der Waals surface area contributed by atoms with Crippen LogP contribution in [0.5, 0.6) is 0 Å². The number of aryl methyl sites for hydroxylation is 1. The molecule has 0 spiro atoms. The minimum atomic E-state index is -0.211. The third kappa shape index (κ3) is 4.25. The molecule has 0 atom stereocenters. The Morgan fingerprint density at radius 2 is 1.22 bits per heavy atom. The third-order valence-corrected chi connectivity index (χ3v) is 7.03. The lowest BCUT2D eigenvalue weighted by Gasteiger charge is -2.25. The van der Waals surface area contributed by atoms with Gasteiger partial charge in [-0.3, -0.25) is 14.5 Å². The molecule has 0 radical (unpaired) electrons. The predicted molar refractivity (Wildman–Crippen MR) is 149 cm³/mol. The number of nitrogens with zero attached hydrogens (tertiary/aromatic N) is 2. The molecule has 0 aliphatic carbocycles. The molecule has 4 aromatic carbocycles. The van der Waals surface area contributed by atoms with E-state index in [1.807, 2.05) is 12.1 Å². The highest BCUT2D eigenvalue weighted by atomic mass is 16.2. The van der Waals surface area contributed by atoms with Crippen molar-refractivity contribution in [2.75, 3.05) is 6.54 Å². The van der Waals surface area contributed by atoms with Gasteiger partial charge in [-0.2, -0.15) is 0 Å². The lowest BCUT2D eigenvalue weighted by atomic mass is 9.97. The Balaban J connectivity index is 0.00000280. The average molecular weight is 487 g/mol. The van der Waals surface area contributed by atoms with Crippen molar-refractivity contribution in [2.24, 2.45) is 0 Å². The summed E-state index contributed by atoms with van der Waals surface area (Å²) in [6, 6.07) is 36.7. The molecule has 0 bridgehead atoms. The second kappa shape index (κ2) is 9.90. The quantitative estimate of drug-likeness (QED) is 0.241. The molecule has 0 saturated heterocycles. The molecule has 184 valence electrons. The van der Waals surface area contributed by atoms with Crippen molar-refractivity contribution in [1.82, 2.24) is 9.47 Å². The van der Waals surface area contributed by atoms with Gasteiger partial charge in [0, 0.05) is 29.6 Å². The molecule has 0 N–H and O–H groups in total. The van der Waals surface area contributed by atoms with Crippen LogP contribution in [0.15, 0.2) is 109 Å². The van der Waals surface area contributed by atoms with E-state index in [9.17, 15) is 9.59 Å². The first-order chi connectivity index (χ1) is 17.6. The van der Waals surface area contributed by atoms with Crippen molar-refractivity contribution in [3.8, 4) is 0 Å². The Bertz CT molecular complexity index is 1510. The zero-order valence-corrected chi connectivity index (χ0v) is 20.1. The molecule has 6 rings (SSSR count). The van der Waals surface area contributed by atoms with E-state index in [4.69, 9.17) is 0 Å². The first-order valence-corrected chi connectivity index (χ1v) is 12.3. The van der Waals surface area contributed by atoms with E-state index in [-0.39, 0.29) is 25.3 Å². The first kappa shape index (κ1) is 24.3. The number of fused-ring (bicyclic) bond motifs is 2. The minimum absolute atomic E-state index is 0. The van der Waals surface area contributed by atoms with Crippen molar-refractivity contribution < 1.29 is 9.59 Å². The van der Waals surface area contributed by atoms with Crippen LogP contribution in [0, 0.1) is 6.92 Å². The highest BCUT2D eigenvalue weighted by molar-refractivity contribution is 6.21. The third-order valence-electron chi connectivity index (χ3n) is 7.03. The van der Waals surface area contributed by atoms with Gasteiger partial charge in [-0.25, -0.2) is 0 Å². The van der Waals surface area contributed by atoms with Crippen LogP contribution in [0.1, 0.15) is 56.6 Å². The number of hydrogen-bond acceptors (Lipinski definition) is 2. The first-order valence-electron chi connectivity index (χ1n) is 12.3. The Hall–Kier alpha value is -4.44. The summed E-state index contributed by atoms with van der Waals surface area (Å²) >= 11 is 0. The number of imide groups is 1. The highest BCUT2D eigenvalue weighted by Crippen LogP contribution is 2.34. The summed E-state index contributed by atoms with van der Waals surface area (Å²) in [6.45, 7) is 2.43. The zero-order valence-electron chi connectivity index (χ0n) is 20.1. The van der Waals surface area contributed by atoms with Gasteiger partial charge in [-0.05, 0) is 48.4 Å². The molecule has 2 amide bonds. The number of carbonyl (C=O) groups is 2. The summed E-state index contributed by atoms with van der Waals surface area (Å²) in [5.41, 5.74) is 6.77. The van der Waals surface area contributed by atoms with E-state index < -0.39 is 0 Å². The summed E-state index contributed by atoms with van der Waals surface area (Å²) < 4.78 is 2.37. The van der Waals surface area contributed by atoms with E-state index in [1.54, 1.807) is 24.3 Å². The summed E-state index contributed by atoms with van der Waals surface area (Å²) in [4.78, 5) is 27.4. The molecule has 0 saturated carbocycles. The van der Waals surface area contributed by atoms with Crippen LogP contribution < -0.4 is 0 Å². The maximum atomic E-state index is 13.0. The summed E-state index contributed by atoms with van der Waals surface area (Å²) in [7, 11) is 0. The topological polar surface area (TPSA) is 42.3 Å². The van der Waals surface area contributed by atoms with Gasteiger partial charge in [-0.1, -0.05) is 91.9 Å². The van der Waals surface area contributed by atoms with E-state index in [1.165, 1.54) is 21.6 Å². The van der Waals surface area contributed by atoms with E-state index >= 15 is 0 Å². The molecular weight excluding hydrogens is 456 g/mol. The summed E-state index contributed by atoms with van der Waals surface area (Å²) in [5, 5.41) is 1.16. The smallest absolute Gasteiger partial charge is 0.261 e. The van der Waals surface area contributed by atoms with Crippen LogP contribution in [-0.2, 0) is 6.42 Å². The predicted octanol–water partition coefficient (Wildman–Crippen LogP) is 7.06. The van der Waals surface area contributed by atoms with Gasteiger partial charge in [0.25, 0.3) is 11.8 Å². The number of hydrogen-bond donors (Lipinski definition) is 0. The minimum Gasteiger partial charge on any atom is -0.333 e. The number of benzene rings is 4. The molecule has 5 aromatic rings. The zero-order chi connectivity index (χ0) is 24.6. The van der Waals surface area contributed by atoms with Gasteiger partial charge in [0.05, 0.1) is 17.2 Å². The number of aromatic nitrogens is 1. The number of rotatable bonds is 6. The van der Waals surface area contributed by atoms with Gasteiger partial charge in [0.1, 0.15) is 0 Å². The molecule has 0 unspecified atom stereocenters. The lowest BCUT2D eigenvalue weighted by molar-refractivity contribution is 0.0655. The fourth-order valence-corrected chi connectivity index (χ4v) is 5.34. The van der Waals surface area contributed by atoms with Crippen molar-refractivity contribution in [1.29, 1.82) is 0 Å². The van der Waals surface area contributed by atoms with Crippen molar-refractivity contribution in [3.63, 3.8) is 0 Å². The van der Waals surface area contributed by atoms with Gasteiger partial charge >= 0.3 is 0 Å². The monoisotopic (exact) mass is 486 g/mol. The van der Waals surface area contributed by atoms with Crippen LogP contribution in [0.2, 0.25) is 0 Å². The molecule has 4 heteroatoms. The molecule has 1 aromatic heterocycles. The normalized spacial score (nSPS) is 12.8. The summed E-state index contributed by atoms with van der Waals surface area (Å²) in [6.07, 6.45) is 0.565. The standard InChI is InChI=1S/C32H26N2O2.CH4/c1-22-16-17-29-25(20-22)21-26(18-19-33-31(35)27-14-8-9-15-28(27)32(33)36)34(29)30(23-10-4-2-5-11-23)24-12-6-3-7-13-24;/h2-17,20-21,30H,18-19H2,1H3;1H4. The highest BCUT2D eigenvalue weighted by Gasteiger charge is 2.35. The van der Waals surface area contributed by atoms with Crippen LogP contribution >= 0.6 is 0 Å². The molecule has 37 heavy (non-hydrogen) atoms. The van der Waals surface area contributed by atoms with Gasteiger partial charge in [0.2, 0.25) is 0 Å². The molecule has 1 aliphatic rings. The number of amides is 2. The van der Waals surface area contributed by atoms with E-state index in [2.05, 4.69) is 84.3 Å². The Kier molecular flexibility index (Phi) is 6.49. The van der Waals surface area contributed by atoms with Crippen LogP contribution in [0.3, 0.4) is 0 Å². The Morgan fingerprint density at radius 1 is 0.676 bits per heavy atom. The number of carbonyl (C=O) groups excluding carboxylic acids is 2. The van der Waals surface area contributed by atoms with Crippen molar-refractivity contribution >= 4 is 22.7 Å². The van der Waals surface area contributed by atoms with E-state index in [0.717, 1.165) is 16.6 Å². The maximum absolute atomic E-state index is 13.0. The largest absolute Gasteiger partial charge is 0.333 e. The van der Waals surface area contributed by atoms with Crippen molar-refractivity contribution in [3.05, 3.63) is 143 Å². The van der Waals surface area contributed by atoms with Gasteiger partial charge in [0.15, 0.2) is 0 Å². The average Bonchev–Trinajstić information content (AvgIpc) is 3.38. The van der Waals surface area contributed by atoms with E-state index in [0.29, 0.717) is 24.1 Å². The van der Waals surface area contributed by atoms with Crippen LogP contribution in [0.4, 0.5) is 0 Å². The SMILES string of the molecule is C.Cc1ccc2c(c1)cc(CCN1C(=O)c3ccccc3C1=O)n2C(c1ccccc1)c1ccccc1. The molecule has 4 nitrogen and oxygen atoms in total. The molecule has 0 fully saturated rings.